The van der Waals surface area contributed by atoms with Crippen molar-refractivity contribution < 1.29 is 0 Å². The number of hydrogen-bond acceptors (Lipinski definition) is 3. The molecule has 0 unspecified atom stereocenters. The normalized spacial score (nSPS) is 9.70. The molecular weight excluding hydrogens is 166 g/mol. The van der Waals surface area contributed by atoms with E-state index in [0.29, 0.717) is 10.8 Å². The molecule has 0 aromatic carbocycles. The molecule has 0 saturated carbocycles. The monoisotopic (exact) mass is 173 g/mol. The zero-order chi connectivity index (χ0) is 7.56. The van der Waals surface area contributed by atoms with Crippen LogP contribution in [0.2, 0.25) is 0 Å². The summed E-state index contributed by atoms with van der Waals surface area (Å²) in [4.78, 5) is 7.20. The fourth-order valence-corrected chi connectivity index (χ4v) is 0.994. The Hall–Kier alpha value is -0.550. The fraction of sp³-hybridized carbons (Fsp3) is 0.200. The van der Waals surface area contributed by atoms with Gasteiger partial charge in [0.25, 0.3) is 0 Å². The van der Waals surface area contributed by atoms with Gasteiger partial charge in [-0.05, 0) is 6.26 Å². The molecule has 10 heavy (non-hydrogen) atoms. The Bertz CT molecular complexity index is 243. The van der Waals surface area contributed by atoms with E-state index in [9.17, 15) is 0 Å². The molecule has 54 valence electrons. The first kappa shape index (κ1) is 7.56. The van der Waals surface area contributed by atoms with Gasteiger partial charge in [0.1, 0.15) is 4.99 Å². The zero-order valence-electron chi connectivity index (χ0n) is 5.42. The van der Waals surface area contributed by atoms with E-state index in [1.165, 1.54) is 0 Å². The number of nitrogens with zero attached hydrogens (tertiary/aromatic N) is 1. The van der Waals surface area contributed by atoms with Gasteiger partial charge in [-0.3, -0.25) is 0 Å². The van der Waals surface area contributed by atoms with E-state index in [-0.39, 0.29) is 0 Å². The second-order valence-electron chi connectivity index (χ2n) is 1.66. The highest BCUT2D eigenvalue weighted by Crippen LogP contribution is 2.09. The number of imidazole rings is 1. The van der Waals surface area contributed by atoms with Crippen LogP contribution < -0.4 is 5.73 Å². The second-order valence-corrected chi connectivity index (χ2v) is 2.95. The van der Waals surface area contributed by atoms with Gasteiger partial charge in [-0.1, -0.05) is 12.2 Å². The lowest BCUT2D eigenvalue weighted by Gasteiger charge is -1.87. The van der Waals surface area contributed by atoms with Crippen LogP contribution in [0.1, 0.15) is 5.82 Å². The molecule has 1 rings (SSSR count). The Kier molecular flexibility index (Phi) is 2.29. The van der Waals surface area contributed by atoms with Crippen LogP contribution in [0.4, 0.5) is 0 Å². The Balaban J connectivity index is 2.88. The quantitative estimate of drug-likeness (QED) is 0.512. The van der Waals surface area contributed by atoms with Crippen molar-refractivity contribution >= 4 is 29.0 Å². The Morgan fingerprint density at radius 2 is 2.60 bits per heavy atom. The van der Waals surface area contributed by atoms with Crippen molar-refractivity contribution in [3.05, 3.63) is 12.0 Å². The highest BCUT2D eigenvalue weighted by molar-refractivity contribution is 7.98. The number of nitrogens with two attached hydrogens (primary N) is 1. The average Bonchev–Trinajstić information content (AvgIpc) is 2.34. The number of thioether (sulfide) groups is 1. The molecule has 1 heterocycles. The lowest BCUT2D eigenvalue weighted by Crippen LogP contribution is -2.10. The number of aromatic amines is 1. The minimum atomic E-state index is 0.306. The van der Waals surface area contributed by atoms with Crippen LogP contribution in [0, 0.1) is 0 Å². The summed E-state index contributed by atoms with van der Waals surface area (Å²) in [5.41, 5.74) is 5.31. The van der Waals surface area contributed by atoms with E-state index in [0.717, 1.165) is 5.03 Å². The summed E-state index contributed by atoms with van der Waals surface area (Å²) in [6.07, 6.45) is 3.66. The number of H-pyrrole nitrogens is 1. The molecule has 0 radical (unpaired) electrons. The average molecular weight is 173 g/mol. The Morgan fingerprint density at radius 1 is 1.90 bits per heavy atom. The Labute approximate surface area is 68.4 Å². The fourth-order valence-electron chi connectivity index (χ4n) is 0.533. The van der Waals surface area contributed by atoms with Crippen LogP contribution in [0.5, 0.6) is 0 Å². The van der Waals surface area contributed by atoms with Crippen LogP contribution in [-0.2, 0) is 0 Å². The highest BCUT2D eigenvalue weighted by atomic mass is 32.2. The number of nitrogens with one attached hydrogen (secondary N) is 1. The van der Waals surface area contributed by atoms with E-state index < -0.39 is 0 Å². The van der Waals surface area contributed by atoms with E-state index in [1.54, 1.807) is 18.0 Å². The van der Waals surface area contributed by atoms with Crippen molar-refractivity contribution in [3.8, 4) is 0 Å². The van der Waals surface area contributed by atoms with E-state index in [1.807, 2.05) is 6.26 Å². The zero-order valence-corrected chi connectivity index (χ0v) is 7.05. The molecule has 0 fully saturated rings. The van der Waals surface area contributed by atoms with Crippen LogP contribution in [0.3, 0.4) is 0 Å². The van der Waals surface area contributed by atoms with Crippen LogP contribution in [0.25, 0.3) is 0 Å². The van der Waals surface area contributed by atoms with Crippen molar-refractivity contribution in [1.29, 1.82) is 0 Å². The van der Waals surface area contributed by atoms with Gasteiger partial charge >= 0.3 is 0 Å². The standard InChI is InChI=1S/C5H7N3S2/c1-10-3-2-7-5(8-3)4(6)9/h2H,1H3,(H2,6,9)(H,7,8). The van der Waals surface area contributed by atoms with Crippen molar-refractivity contribution in [2.24, 2.45) is 5.73 Å². The first-order chi connectivity index (χ1) is 4.74. The second kappa shape index (κ2) is 3.03. The van der Waals surface area contributed by atoms with Gasteiger partial charge in [-0.25, -0.2) is 4.98 Å². The van der Waals surface area contributed by atoms with Gasteiger partial charge in [-0.2, -0.15) is 0 Å². The summed E-state index contributed by atoms with van der Waals surface area (Å²) in [6, 6.07) is 0. The summed E-state index contributed by atoms with van der Waals surface area (Å²) in [5, 5.41) is 0.975. The van der Waals surface area contributed by atoms with E-state index >= 15 is 0 Å². The maximum Gasteiger partial charge on any atom is 0.165 e. The maximum atomic E-state index is 5.31. The molecule has 0 atom stereocenters. The van der Waals surface area contributed by atoms with Crippen molar-refractivity contribution in [2.75, 3.05) is 6.26 Å². The van der Waals surface area contributed by atoms with Gasteiger partial charge in [0.05, 0.1) is 11.2 Å². The molecule has 1 aromatic heterocycles. The van der Waals surface area contributed by atoms with Crippen LogP contribution in [-0.4, -0.2) is 21.2 Å². The molecule has 3 N–H and O–H groups in total. The molecule has 0 bridgehead atoms. The summed E-state index contributed by atoms with van der Waals surface area (Å²) in [7, 11) is 0. The number of rotatable bonds is 2. The van der Waals surface area contributed by atoms with Gasteiger partial charge in [0.15, 0.2) is 5.82 Å². The van der Waals surface area contributed by atoms with E-state index in [2.05, 4.69) is 9.97 Å². The summed E-state index contributed by atoms with van der Waals surface area (Å²) >= 11 is 6.27. The van der Waals surface area contributed by atoms with Gasteiger partial charge < -0.3 is 10.7 Å². The van der Waals surface area contributed by atoms with Gasteiger partial charge in [0.2, 0.25) is 0 Å². The van der Waals surface area contributed by atoms with Crippen LogP contribution >= 0.6 is 24.0 Å². The first-order valence-electron chi connectivity index (χ1n) is 2.63. The lowest BCUT2D eigenvalue weighted by molar-refractivity contribution is 1.18. The predicted octanol–water partition coefficient (Wildman–Crippen LogP) is 0.766. The SMILES string of the molecule is CSc1cnc(C(N)=S)[nH]1. The van der Waals surface area contributed by atoms with Crippen molar-refractivity contribution in [1.82, 2.24) is 9.97 Å². The highest BCUT2D eigenvalue weighted by Gasteiger charge is 1.99. The third kappa shape index (κ3) is 1.48. The lowest BCUT2D eigenvalue weighted by atomic mass is 10.6. The third-order valence-electron chi connectivity index (χ3n) is 1.01. The summed E-state index contributed by atoms with van der Waals surface area (Å²) in [6.45, 7) is 0. The smallest absolute Gasteiger partial charge is 0.165 e. The summed E-state index contributed by atoms with van der Waals surface area (Å²) < 4.78 is 0. The predicted molar refractivity (Wildman–Crippen MR) is 46.3 cm³/mol. The molecule has 1 aromatic rings. The molecular formula is C5H7N3S2. The largest absolute Gasteiger partial charge is 0.387 e. The molecule has 0 aliphatic rings. The van der Waals surface area contributed by atoms with E-state index in [4.69, 9.17) is 18.0 Å². The minimum absolute atomic E-state index is 0.306. The molecule has 3 nitrogen and oxygen atoms in total. The number of thiocarbonyl (C=S) groups is 1. The van der Waals surface area contributed by atoms with Crippen LogP contribution in [0.15, 0.2) is 11.2 Å². The molecule has 0 amide bonds. The Morgan fingerprint density at radius 3 is 2.90 bits per heavy atom. The maximum absolute atomic E-state index is 5.31. The molecule has 0 spiro atoms. The number of hydrogen-bond donors (Lipinski definition) is 2. The number of aromatic nitrogens is 2. The summed E-state index contributed by atoms with van der Waals surface area (Å²) in [5.74, 6) is 0.583. The van der Waals surface area contributed by atoms with Gasteiger partial charge in [-0.15, -0.1) is 11.8 Å². The van der Waals surface area contributed by atoms with Gasteiger partial charge in [0, 0.05) is 0 Å². The molecule has 5 heteroatoms. The van der Waals surface area contributed by atoms with Crippen molar-refractivity contribution in [2.45, 2.75) is 5.03 Å². The molecule has 0 aliphatic heterocycles. The molecule has 0 saturated heterocycles. The third-order valence-corrected chi connectivity index (χ3v) is 1.85. The molecule has 0 aliphatic carbocycles. The minimum Gasteiger partial charge on any atom is -0.387 e. The van der Waals surface area contributed by atoms with Crippen molar-refractivity contribution in [3.63, 3.8) is 0 Å². The topological polar surface area (TPSA) is 54.7 Å². The first-order valence-corrected chi connectivity index (χ1v) is 4.26.